The van der Waals surface area contributed by atoms with Crippen LogP contribution in [0.5, 0.6) is 11.5 Å². The second-order valence-corrected chi connectivity index (χ2v) is 5.03. The molecule has 1 heterocycles. The third-order valence-electron chi connectivity index (χ3n) is 3.39. The van der Waals surface area contributed by atoms with Gasteiger partial charge in [0.15, 0.2) is 5.78 Å². The second-order valence-electron chi connectivity index (χ2n) is 5.03. The summed E-state index contributed by atoms with van der Waals surface area (Å²) in [7, 11) is 1.64. The molecule has 0 atom stereocenters. The van der Waals surface area contributed by atoms with E-state index in [4.69, 9.17) is 13.9 Å². The Hall–Kier alpha value is -2.75. The fourth-order valence-electron chi connectivity index (χ4n) is 2.28. The van der Waals surface area contributed by atoms with Crippen LogP contribution in [0.25, 0.3) is 22.1 Å². The zero-order valence-electron chi connectivity index (χ0n) is 12.5. The molecule has 0 saturated carbocycles. The van der Waals surface area contributed by atoms with E-state index in [-0.39, 0.29) is 12.4 Å². The predicted molar refractivity (Wildman–Crippen MR) is 84.4 cm³/mol. The summed E-state index contributed by atoms with van der Waals surface area (Å²) in [5.41, 5.74) is 2.79. The summed E-state index contributed by atoms with van der Waals surface area (Å²) in [5, 5.41) is 0.950. The first-order valence-electron chi connectivity index (χ1n) is 6.95. The van der Waals surface area contributed by atoms with Crippen molar-refractivity contribution in [2.45, 2.75) is 6.92 Å². The van der Waals surface area contributed by atoms with Crippen molar-refractivity contribution in [2.24, 2.45) is 0 Å². The molecule has 1 aromatic heterocycles. The number of benzene rings is 2. The minimum absolute atomic E-state index is 0.0114. The number of ketones is 1. The predicted octanol–water partition coefficient (Wildman–Crippen LogP) is 4.08. The molecule has 0 aliphatic heterocycles. The number of rotatable bonds is 5. The molecule has 0 saturated heterocycles. The largest absolute Gasteiger partial charge is 0.497 e. The van der Waals surface area contributed by atoms with Gasteiger partial charge in [-0.15, -0.1) is 0 Å². The van der Waals surface area contributed by atoms with E-state index in [9.17, 15) is 4.79 Å². The van der Waals surface area contributed by atoms with Crippen molar-refractivity contribution in [3.63, 3.8) is 0 Å². The number of ether oxygens (including phenoxy) is 2. The maximum Gasteiger partial charge on any atom is 0.167 e. The second kappa shape index (κ2) is 5.93. The first-order valence-corrected chi connectivity index (χ1v) is 6.95. The van der Waals surface area contributed by atoms with Crippen molar-refractivity contribution in [3.8, 4) is 22.6 Å². The molecule has 0 radical (unpaired) electrons. The van der Waals surface area contributed by atoms with E-state index < -0.39 is 0 Å². The van der Waals surface area contributed by atoms with Gasteiger partial charge in [-0.1, -0.05) is 12.1 Å². The summed E-state index contributed by atoms with van der Waals surface area (Å²) in [6.07, 6.45) is 1.72. The van der Waals surface area contributed by atoms with E-state index in [0.717, 1.165) is 27.8 Å². The van der Waals surface area contributed by atoms with Crippen molar-refractivity contribution >= 4 is 16.8 Å². The molecule has 22 heavy (non-hydrogen) atoms. The zero-order chi connectivity index (χ0) is 15.5. The van der Waals surface area contributed by atoms with Crippen LogP contribution >= 0.6 is 0 Å². The summed E-state index contributed by atoms with van der Waals surface area (Å²) >= 11 is 0. The Morgan fingerprint density at radius 1 is 1.09 bits per heavy atom. The summed E-state index contributed by atoms with van der Waals surface area (Å²) in [6.45, 7) is 1.57. The van der Waals surface area contributed by atoms with Gasteiger partial charge >= 0.3 is 0 Å². The number of Topliss-reactive ketones (excluding diaryl/α,β-unsaturated/α-hetero) is 1. The SMILES string of the molecule is COc1ccc(-c2coc3ccc(OCC(C)=O)cc23)cc1. The number of fused-ring (bicyclic) bond motifs is 1. The molecule has 3 rings (SSSR count). The molecule has 0 spiro atoms. The highest BCUT2D eigenvalue weighted by Crippen LogP contribution is 2.33. The number of carbonyl (C=O) groups is 1. The van der Waals surface area contributed by atoms with E-state index in [1.807, 2.05) is 36.4 Å². The molecule has 0 unspecified atom stereocenters. The highest BCUT2D eigenvalue weighted by atomic mass is 16.5. The topological polar surface area (TPSA) is 48.7 Å². The Bertz CT molecular complexity index is 800. The Balaban J connectivity index is 1.98. The first kappa shape index (κ1) is 14.2. The van der Waals surface area contributed by atoms with E-state index in [1.165, 1.54) is 6.92 Å². The minimum atomic E-state index is -0.0114. The molecule has 0 bridgehead atoms. The Morgan fingerprint density at radius 2 is 1.82 bits per heavy atom. The van der Waals surface area contributed by atoms with Crippen molar-refractivity contribution < 1.29 is 18.7 Å². The Kier molecular flexibility index (Phi) is 3.83. The number of carbonyl (C=O) groups excluding carboxylic acids is 1. The molecule has 2 aromatic carbocycles. The summed E-state index contributed by atoms with van der Waals surface area (Å²) in [4.78, 5) is 11.0. The fourth-order valence-corrected chi connectivity index (χ4v) is 2.28. The summed E-state index contributed by atoms with van der Waals surface area (Å²) < 4.78 is 16.2. The summed E-state index contributed by atoms with van der Waals surface area (Å²) in [5.74, 6) is 1.45. The van der Waals surface area contributed by atoms with E-state index >= 15 is 0 Å². The number of furan rings is 1. The number of hydrogen-bond acceptors (Lipinski definition) is 4. The maximum absolute atomic E-state index is 11.0. The smallest absolute Gasteiger partial charge is 0.167 e. The first-order chi connectivity index (χ1) is 10.7. The van der Waals surface area contributed by atoms with Crippen LogP contribution in [0, 0.1) is 0 Å². The van der Waals surface area contributed by atoms with Gasteiger partial charge in [0, 0.05) is 10.9 Å². The van der Waals surface area contributed by atoms with E-state index in [0.29, 0.717) is 5.75 Å². The third kappa shape index (κ3) is 2.81. The van der Waals surface area contributed by atoms with Gasteiger partial charge in [-0.3, -0.25) is 4.79 Å². The zero-order valence-corrected chi connectivity index (χ0v) is 12.5. The lowest BCUT2D eigenvalue weighted by Gasteiger charge is -2.05. The molecular weight excluding hydrogens is 280 g/mol. The van der Waals surface area contributed by atoms with Gasteiger partial charge in [-0.05, 0) is 42.8 Å². The van der Waals surface area contributed by atoms with Crippen LogP contribution in [-0.2, 0) is 4.79 Å². The average Bonchev–Trinajstić information content (AvgIpc) is 2.96. The van der Waals surface area contributed by atoms with Crippen LogP contribution in [0.2, 0.25) is 0 Å². The van der Waals surface area contributed by atoms with Crippen LogP contribution in [-0.4, -0.2) is 19.5 Å². The lowest BCUT2D eigenvalue weighted by Crippen LogP contribution is -2.06. The molecule has 0 aliphatic rings. The highest BCUT2D eigenvalue weighted by Gasteiger charge is 2.10. The Morgan fingerprint density at radius 3 is 2.50 bits per heavy atom. The molecule has 0 N–H and O–H groups in total. The van der Waals surface area contributed by atoms with Crippen molar-refractivity contribution in [1.29, 1.82) is 0 Å². The van der Waals surface area contributed by atoms with Gasteiger partial charge < -0.3 is 13.9 Å². The lowest BCUT2D eigenvalue weighted by atomic mass is 10.0. The van der Waals surface area contributed by atoms with Gasteiger partial charge in [0.05, 0.1) is 13.4 Å². The van der Waals surface area contributed by atoms with Gasteiger partial charge in [0.25, 0.3) is 0 Å². The quantitative estimate of drug-likeness (QED) is 0.712. The van der Waals surface area contributed by atoms with Gasteiger partial charge in [0.1, 0.15) is 23.7 Å². The number of methoxy groups -OCH3 is 1. The standard InChI is InChI=1S/C18H16O4/c1-12(19)10-21-15-7-8-18-16(9-15)17(11-22-18)13-3-5-14(20-2)6-4-13/h3-9,11H,10H2,1-2H3. The molecular formula is C18H16O4. The molecule has 4 nitrogen and oxygen atoms in total. The molecule has 4 heteroatoms. The van der Waals surface area contributed by atoms with Crippen molar-refractivity contribution in [1.82, 2.24) is 0 Å². The van der Waals surface area contributed by atoms with Gasteiger partial charge in [0.2, 0.25) is 0 Å². The monoisotopic (exact) mass is 296 g/mol. The summed E-state index contributed by atoms with van der Waals surface area (Å²) in [6, 6.07) is 13.3. The molecule has 0 amide bonds. The van der Waals surface area contributed by atoms with Crippen LogP contribution < -0.4 is 9.47 Å². The number of hydrogen-bond donors (Lipinski definition) is 0. The molecule has 0 fully saturated rings. The van der Waals surface area contributed by atoms with Crippen LogP contribution in [0.3, 0.4) is 0 Å². The molecule has 112 valence electrons. The highest BCUT2D eigenvalue weighted by molar-refractivity contribution is 5.94. The molecule has 0 aliphatic carbocycles. The normalized spacial score (nSPS) is 10.6. The van der Waals surface area contributed by atoms with Crippen LogP contribution in [0.4, 0.5) is 0 Å². The van der Waals surface area contributed by atoms with Crippen LogP contribution in [0.1, 0.15) is 6.92 Å². The minimum Gasteiger partial charge on any atom is -0.497 e. The van der Waals surface area contributed by atoms with E-state index in [2.05, 4.69) is 0 Å². The average molecular weight is 296 g/mol. The van der Waals surface area contributed by atoms with Gasteiger partial charge in [-0.25, -0.2) is 0 Å². The lowest BCUT2D eigenvalue weighted by molar-refractivity contribution is -0.118. The fraction of sp³-hybridized carbons (Fsp3) is 0.167. The maximum atomic E-state index is 11.0. The van der Waals surface area contributed by atoms with Crippen molar-refractivity contribution in [3.05, 3.63) is 48.7 Å². The third-order valence-corrected chi connectivity index (χ3v) is 3.39. The van der Waals surface area contributed by atoms with Crippen molar-refractivity contribution in [2.75, 3.05) is 13.7 Å². The van der Waals surface area contributed by atoms with E-state index in [1.54, 1.807) is 19.4 Å². The Labute approximate surface area is 128 Å². The van der Waals surface area contributed by atoms with Crippen LogP contribution in [0.15, 0.2) is 53.1 Å². The van der Waals surface area contributed by atoms with Gasteiger partial charge in [-0.2, -0.15) is 0 Å². The molecule has 3 aromatic rings.